The monoisotopic (exact) mass is 463 g/mol. The number of nitrogens with one attached hydrogen (secondary N) is 1. The van der Waals surface area contributed by atoms with E-state index in [-0.39, 0.29) is 33.1 Å². The molecule has 1 heterocycles. The molecule has 1 aromatic carbocycles. The molecule has 1 atom stereocenters. The fourth-order valence-corrected chi connectivity index (χ4v) is 3.08. The molecular weight excluding hydrogens is 443 g/mol. The van der Waals surface area contributed by atoms with Crippen molar-refractivity contribution in [2.45, 2.75) is 47.0 Å². The maximum Gasteiger partial charge on any atom is 0.387 e. The molecule has 0 bridgehead atoms. The molecular formula is C19H21Cl2F2N3O4. The summed E-state index contributed by atoms with van der Waals surface area (Å²) >= 11 is 12.1. The zero-order valence-corrected chi connectivity index (χ0v) is 18.2. The van der Waals surface area contributed by atoms with Crippen molar-refractivity contribution in [3.8, 4) is 5.75 Å². The Hall–Kier alpha value is -2.39. The summed E-state index contributed by atoms with van der Waals surface area (Å²) in [6, 6.07) is 3.75. The van der Waals surface area contributed by atoms with Crippen LogP contribution in [0.2, 0.25) is 10.2 Å². The minimum absolute atomic E-state index is 0.0912. The average molecular weight is 464 g/mol. The van der Waals surface area contributed by atoms with Gasteiger partial charge in [0.25, 0.3) is 5.91 Å². The van der Waals surface area contributed by atoms with Crippen LogP contribution < -0.4 is 10.1 Å². The minimum atomic E-state index is -3.03. The second-order valence-electron chi connectivity index (χ2n) is 6.89. The van der Waals surface area contributed by atoms with Crippen LogP contribution in [0.5, 0.6) is 5.75 Å². The number of aromatic nitrogens is 2. The molecule has 11 heteroatoms. The number of anilines is 1. The van der Waals surface area contributed by atoms with Crippen LogP contribution in [0.3, 0.4) is 0 Å². The standard InChI is InChI=1S/C19H21Cl2F2N3O4/c1-9(2)8-26-16(21)15(10(3)25-26)18(28)29-11(4)17(27)24-12-5-6-14(13(20)7-12)30-19(22)23/h5-7,9,11,19H,8H2,1-4H3,(H,24,27). The highest BCUT2D eigenvalue weighted by molar-refractivity contribution is 6.33. The first-order chi connectivity index (χ1) is 14.0. The van der Waals surface area contributed by atoms with E-state index in [1.165, 1.54) is 29.8 Å². The van der Waals surface area contributed by atoms with Gasteiger partial charge in [0.2, 0.25) is 0 Å². The highest BCUT2D eigenvalue weighted by atomic mass is 35.5. The van der Waals surface area contributed by atoms with E-state index in [0.717, 1.165) is 0 Å². The maximum atomic E-state index is 12.5. The highest BCUT2D eigenvalue weighted by Crippen LogP contribution is 2.29. The van der Waals surface area contributed by atoms with Gasteiger partial charge in [-0.15, -0.1) is 0 Å². The SMILES string of the molecule is Cc1nn(CC(C)C)c(Cl)c1C(=O)OC(C)C(=O)Nc1ccc(OC(F)F)c(Cl)c1. The number of hydrogen-bond acceptors (Lipinski definition) is 5. The van der Waals surface area contributed by atoms with Gasteiger partial charge in [0, 0.05) is 12.2 Å². The molecule has 1 N–H and O–H groups in total. The molecule has 1 amide bonds. The molecule has 0 saturated heterocycles. The number of nitrogens with zero attached hydrogens (tertiary/aromatic N) is 2. The maximum absolute atomic E-state index is 12.5. The Balaban J connectivity index is 2.05. The van der Waals surface area contributed by atoms with Gasteiger partial charge < -0.3 is 14.8 Å². The van der Waals surface area contributed by atoms with E-state index in [2.05, 4.69) is 15.2 Å². The lowest BCUT2D eigenvalue weighted by Gasteiger charge is -2.14. The molecule has 1 unspecified atom stereocenters. The first-order valence-corrected chi connectivity index (χ1v) is 9.74. The highest BCUT2D eigenvalue weighted by Gasteiger charge is 2.26. The van der Waals surface area contributed by atoms with E-state index in [1.807, 2.05) is 13.8 Å². The van der Waals surface area contributed by atoms with Crippen LogP contribution in [0, 0.1) is 12.8 Å². The van der Waals surface area contributed by atoms with Gasteiger partial charge in [-0.25, -0.2) is 4.79 Å². The normalized spacial score (nSPS) is 12.2. The fraction of sp³-hybridized carbons (Fsp3) is 0.421. The number of hydrogen-bond donors (Lipinski definition) is 1. The van der Waals surface area contributed by atoms with E-state index in [4.69, 9.17) is 27.9 Å². The Labute approximate surface area is 182 Å². The van der Waals surface area contributed by atoms with Crippen LogP contribution in [0.1, 0.15) is 36.8 Å². The predicted molar refractivity (Wildman–Crippen MR) is 108 cm³/mol. The van der Waals surface area contributed by atoms with Crippen LogP contribution in [0.15, 0.2) is 18.2 Å². The van der Waals surface area contributed by atoms with Crippen LogP contribution >= 0.6 is 23.2 Å². The summed E-state index contributed by atoms with van der Waals surface area (Å²) in [6.45, 7) is 4.46. The third kappa shape index (κ3) is 6.06. The van der Waals surface area contributed by atoms with Crippen molar-refractivity contribution < 1.29 is 27.8 Å². The van der Waals surface area contributed by atoms with Gasteiger partial charge in [0.05, 0.1) is 10.7 Å². The second-order valence-corrected chi connectivity index (χ2v) is 7.65. The van der Waals surface area contributed by atoms with Crippen molar-refractivity contribution in [3.05, 3.63) is 39.6 Å². The number of rotatable bonds is 8. The molecule has 0 aliphatic carbocycles. The number of esters is 1. The quantitative estimate of drug-likeness (QED) is 0.560. The van der Waals surface area contributed by atoms with E-state index in [0.29, 0.717) is 12.2 Å². The van der Waals surface area contributed by atoms with Crippen molar-refractivity contribution in [1.29, 1.82) is 0 Å². The first-order valence-electron chi connectivity index (χ1n) is 8.98. The molecule has 0 saturated carbocycles. The van der Waals surface area contributed by atoms with E-state index in [1.54, 1.807) is 6.92 Å². The van der Waals surface area contributed by atoms with E-state index in [9.17, 15) is 18.4 Å². The predicted octanol–water partition coefficient (Wildman–Crippen LogP) is 4.94. The zero-order chi connectivity index (χ0) is 22.6. The van der Waals surface area contributed by atoms with Gasteiger partial charge >= 0.3 is 12.6 Å². The van der Waals surface area contributed by atoms with Crippen LogP contribution in [-0.4, -0.2) is 34.4 Å². The lowest BCUT2D eigenvalue weighted by atomic mass is 10.2. The van der Waals surface area contributed by atoms with Crippen molar-refractivity contribution in [3.63, 3.8) is 0 Å². The van der Waals surface area contributed by atoms with Crippen LogP contribution in [0.25, 0.3) is 0 Å². The third-order valence-electron chi connectivity index (χ3n) is 3.88. The van der Waals surface area contributed by atoms with Crippen LogP contribution in [0.4, 0.5) is 14.5 Å². The molecule has 0 spiro atoms. The lowest BCUT2D eigenvalue weighted by Crippen LogP contribution is -2.30. The smallest absolute Gasteiger partial charge is 0.387 e. The molecule has 0 aliphatic heterocycles. The molecule has 30 heavy (non-hydrogen) atoms. The summed E-state index contributed by atoms with van der Waals surface area (Å²) < 4.78 is 35.5. The van der Waals surface area contributed by atoms with Crippen molar-refractivity contribution >= 4 is 40.8 Å². The summed E-state index contributed by atoms with van der Waals surface area (Å²) in [5.41, 5.74) is 0.696. The van der Waals surface area contributed by atoms with Gasteiger partial charge in [0.1, 0.15) is 16.5 Å². The summed E-state index contributed by atoms with van der Waals surface area (Å²) in [5.74, 6) is -1.40. The van der Waals surface area contributed by atoms with Gasteiger partial charge in [0.15, 0.2) is 6.10 Å². The average Bonchev–Trinajstić information content (AvgIpc) is 2.89. The Morgan fingerprint density at radius 3 is 2.47 bits per heavy atom. The summed E-state index contributed by atoms with van der Waals surface area (Å²) in [5, 5.41) is 6.74. The third-order valence-corrected chi connectivity index (χ3v) is 4.56. The molecule has 1 aromatic heterocycles. The van der Waals surface area contributed by atoms with Gasteiger partial charge in [-0.2, -0.15) is 13.9 Å². The lowest BCUT2D eigenvalue weighted by molar-refractivity contribution is -0.123. The fourth-order valence-electron chi connectivity index (χ4n) is 2.54. The molecule has 164 valence electrons. The summed E-state index contributed by atoms with van der Waals surface area (Å²) in [7, 11) is 0. The zero-order valence-electron chi connectivity index (χ0n) is 16.7. The largest absolute Gasteiger partial charge is 0.449 e. The molecule has 0 aliphatic rings. The number of carbonyl (C=O) groups excluding carboxylic acids is 2. The van der Waals surface area contributed by atoms with Gasteiger partial charge in [-0.3, -0.25) is 9.48 Å². The number of carbonyl (C=O) groups is 2. The molecule has 2 rings (SSSR count). The molecule has 0 fully saturated rings. The Kier molecular flexibility index (Phi) is 8.03. The Morgan fingerprint density at radius 2 is 1.90 bits per heavy atom. The number of amides is 1. The molecule has 2 aromatic rings. The first kappa shape index (κ1) is 23.9. The van der Waals surface area contributed by atoms with Crippen molar-refractivity contribution in [2.24, 2.45) is 5.92 Å². The van der Waals surface area contributed by atoms with Crippen molar-refractivity contribution in [1.82, 2.24) is 9.78 Å². The Bertz CT molecular complexity index is 935. The topological polar surface area (TPSA) is 82.5 Å². The number of benzene rings is 1. The number of ether oxygens (including phenoxy) is 2. The number of halogens is 4. The summed E-state index contributed by atoms with van der Waals surface area (Å²) in [4.78, 5) is 24.8. The number of alkyl halides is 2. The van der Waals surface area contributed by atoms with Crippen LogP contribution in [-0.2, 0) is 16.1 Å². The second kappa shape index (κ2) is 10.1. The van der Waals surface area contributed by atoms with Gasteiger partial charge in [-0.1, -0.05) is 37.0 Å². The number of aryl methyl sites for hydroxylation is 1. The Morgan fingerprint density at radius 1 is 1.23 bits per heavy atom. The van der Waals surface area contributed by atoms with E-state index >= 15 is 0 Å². The molecule has 0 radical (unpaired) electrons. The minimum Gasteiger partial charge on any atom is -0.449 e. The summed E-state index contributed by atoms with van der Waals surface area (Å²) in [6.07, 6.45) is -1.17. The van der Waals surface area contributed by atoms with Gasteiger partial charge in [-0.05, 0) is 38.0 Å². The van der Waals surface area contributed by atoms with E-state index < -0.39 is 24.6 Å². The van der Waals surface area contributed by atoms with Crippen molar-refractivity contribution in [2.75, 3.05) is 5.32 Å². The molecule has 7 nitrogen and oxygen atoms in total.